The number of rotatable bonds is 6. The van der Waals surface area contributed by atoms with Gasteiger partial charge in [0.05, 0.1) is 13.2 Å². The first-order valence-electron chi connectivity index (χ1n) is 11.8. The summed E-state index contributed by atoms with van der Waals surface area (Å²) in [6, 6.07) is 8.72. The molecule has 2 aromatic rings. The van der Waals surface area contributed by atoms with Crippen LogP contribution in [0, 0.1) is 5.92 Å². The molecule has 9 heteroatoms. The van der Waals surface area contributed by atoms with E-state index in [0.717, 1.165) is 31.2 Å². The summed E-state index contributed by atoms with van der Waals surface area (Å²) in [5.41, 5.74) is -0.0247. The van der Waals surface area contributed by atoms with Crippen LogP contribution in [0.2, 0.25) is 5.02 Å². The molecule has 1 unspecified atom stereocenters. The van der Waals surface area contributed by atoms with Crippen molar-refractivity contribution < 1.29 is 19.1 Å². The Hall–Kier alpha value is -2.87. The van der Waals surface area contributed by atoms with Gasteiger partial charge in [-0.1, -0.05) is 30.7 Å². The van der Waals surface area contributed by atoms with Gasteiger partial charge >= 0.3 is 5.97 Å². The molecule has 0 spiro atoms. The Morgan fingerprint density at radius 2 is 1.88 bits per heavy atom. The average molecular weight is 487 g/mol. The molecule has 0 bridgehead atoms. The summed E-state index contributed by atoms with van der Waals surface area (Å²) >= 11 is 6.03. The van der Waals surface area contributed by atoms with E-state index in [9.17, 15) is 14.4 Å². The van der Waals surface area contributed by atoms with Crippen LogP contribution in [-0.4, -0.2) is 50.7 Å². The van der Waals surface area contributed by atoms with Crippen molar-refractivity contribution in [3.8, 4) is 0 Å². The van der Waals surface area contributed by atoms with Crippen molar-refractivity contribution in [3.05, 3.63) is 52.3 Å². The lowest BCUT2D eigenvalue weighted by atomic mass is 9.86. The summed E-state index contributed by atoms with van der Waals surface area (Å²) in [4.78, 5) is 41.1. The molecule has 1 saturated carbocycles. The first-order valence-corrected chi connectivity index (χ1v) is 12.2. The average Bonchev–Trinajstić information content (AvgIpc) is 3.23. The SMILES string of the molecule is CCOC(=O)c1cc2n(n1)CC(C)(C(=O)NC1CCC(C)CC1)N(Cc1ccc(Cl)cc1)C2=O. The summed E-state index contributed by atoms with van der Waals surface area (Å²) in [6.45, 7) is 6.26. The van der Waals surface area contributed by atoms with Gasteiger partial charge in [0.15, 0.2) is 5.69 Å². The molecule has 1 atom stereocenters. The van der Waals surface area contributed by atoms with Gasteiger partial charge in [0.2, 0.25) is 5.91 Å². The van der Waals surface area contributed by atoms with Crippen LogP contribution in [0.15, 0.2) is 30.3 Å². The van der Waals surface area contributed by atoms with E-state index in [1.165, 1.54) is 10.7 Å². The summed E-state index contributed by atoms with van der Waals surface area (Å²) in [5.74, 6) is -0.509. The Balaban J connectivity index is 1.66. The van der Waals surface area contributed by atoms with Crippen LogP contribution >= 0.6 is 11.6 Å². The topological polar surface area (TPSA) is 93.5 Å². The molecule has 2 amide bonds. The normalized spacial score (nSPS) is 24.5. The lowest BCUT2D eigenvalue weighted by Gasteiger charge is -2.44. The molecule has 34 heavy (non-hydrogen) atoms. The van der Waals surface area contributed by atoms with E-state index in [1.807, 2.05) is 12.1 Å². The lowest BCUT2D eigenvalue weighted by Crippen LogP contribution is -2.64. The number of halogens is 1. The van der Waals surface area contributed by atoms with Crippen LogP contribution in [0.5, 0.6) is 0 Å². The van der Waals surface area contributed by atoms with E-state index < -0.39 is 11.5 Å². The van der Waals surface area contributed by atoms with Gasteiger partial charge in [-0.25, -0.2) is 4.79 Å². The maximum absolute atomic E-state index is 13.7. The van der Waals surface area contributed by atoms with Crippen molar-refractivity contribution in [1.82, 2.24) is 20.0 Å². The summed E-state index contributed by atoms with van der Waals surface area (Å²) in [5, 5.41) is 8.09. The van der Waals surface area contributed by atoms with Gasteiger partial charge in [0.25, 0.3) is 5.91 Å². The molecular formula is C25H31ClN4O4. The van der Waals surface area contributed by atoms with Gasteiger partial charge in [0.1, 0.15) is 11.2 Å². The van der Waals surface area contributed by atoms with Crippen molar-refractivity contribution in [3.63, 3.8) is 0 Å². The largest absolute Gasteiger partial charge is 0.461 e. The minimum absolute atomic E-state index is 0.0579. The minimum Gasteiger partial charge on any atom is -0.461 e. The van der Waals surface area contributed by atoms with E-state index >= 15 is 0 Å². The molecule has 1 fully saturated rings. The molecule has 0 saturated heterocycles. The molecule has 1 N–H and O–H groups in total. The molecule has 1 aliphatic carbocycles. The zero-order valence-electron chi connectivity index (χ0n) is 19.8. The fraction of sp³-hybridized carbons (Fsp3) is 0.520. The number of carbonyl (C=O) groups is 3. The zero-order chi connectivity index (χ0) is 24.5. The Morgan fingerprint density at radius 3 is 2.53 bits per heavy atom. The van der Waals surface area contributed by atoms with Crippen molar-refractivity contribution in [2.75, 3.05) is 6.61 Å². The van der Waals surface area contributed by atoms with Gasteiger partial charge in [-0.05, 0) is 63.1 Å². The molecule has 182 valence electrons. The number of esters is 1. The Labute approximate surface area is 204 Å². The zero-order valence-corrected chi connectivity index (χ0v) is 20.6. The van der Waals surface area contributed by atoms with Gasteiger partial charge in [0, 0.05) is 23.7 Å². The second kappa shape index (κ2) is 9.78. The highest BCUT2D eigenvalue weighted by Crippen LogP contribution is 2.31. The fourth-order valence-corrected chi connectivity index (χ4v) is 4.84. The Kier molecular flexibility index (Phi) is 6.98. The highest BCUT2D eigenvalue weighted by molar-refractivity contribution is 6.30. The van der Waals surface area contributed by atoms with Gasteiger partial charge < -0.3 is 15.0 Å². The van der Waals surface area contributed by atoms with Crippen LogP contribution < -0.4 is 5.32 Å². The third-order valence-electron chi connectivity index (χ3n) is 6.88. The number of aromatic nitrogens is 2. The monoisotopic (exact) mass is 486 g/mol. The number of carbonyl (C=O) groups excluding carboxylic acids is 3. The molecule has 1 aromatic heterocycles. The molecular weight excluding hydrogens is 456 g/mol. The van der Waals surface area contributed by atoms with E-state index in [1.54, 1.807) is 30.9 Å². The van der Waals surface area contributed by atoms with E-state index in [4.69, 9.17) is 16.3 Å². The van der Waals surface area contributed by atoms with Crippen LogP contribution in [-0.2, 0) is 22.6 Å². The third kappa shape index (κ3) is 4.82. The maximum Gasteiger partial charge on any atom is 0.358 e. The smallest absolute Gasteiger partial charge is 0.358 e. The predicted octanol–water partition coefficient (Wildman–Crippen LogP) is 3.82. The number of hydrogen-bond acceptors (Lipinski definition) is 5. The summed E-state index contributed by atoms with van der Waals surface area (Å²) in [6.07, 6.45) is 3.99. The highest BCUT2D eigenvalue weighted by Gasteiger charge is 2.48. The van der Waals surface area contributed by atoms with Crippen LogP contribution in [0.3, 0.4) is 0 Å². The minimum atomic E-state index is -1.19. The molecule has 1 aromatic carbocycles. The Morgan fingerprint density at radius 1 is 1.21 bits per heavy atom. The van der Waals surface area contributed by atoms with Crippen LogP contribution in [0.4, 0.5) is 0 Å². The molecule has 2 aliphatic rings. The highest BCUT2D eigenvalue weighted by atomic mass is 35.5. The lowest BCUT2D eigenvalue weighted by molar-refractivity contribution is -0.134. The number of hydrogen-bond donors (Lipinski definition) is 1. The number of benzene rings is 1. The Bertz CT molecular complexity index is 1080. The van der Waals surface area contributed by atoms with Crippen molar-refractivity contribution in [2.45, 2.75) is 71.1 Å². The van der Waals surface area contributed by atoms with Crippen molar-refractivity contribution in [2.24, 2.45) is 5.92 Å². The van der Waals surface area contributed by atoms with Crippen LogP contribution in [0.1, 0.15) is 73.0 Å². The van der Waals surface area contributed by atoms with E-state index in [-0.39, 0.29) is 48.9 Å². The fourth-order valence-electron chi connectivity index (χ4n) is 4.71. The van der Waals surface area contributed by atoms with E-state index in [0.29, 0.717) is 10.9 Å². The van der Waals surface area contributed by atoms with Crippen molar-refractivity contribution in [1.29, 1.82) is 0 Å². The standard InChI is InChI=1S/C25H31ClN4O4/c1-4-34-23(32)20-13-21-22(31)29(14-17-7-9-18(26)10-8-17)25(3,15-30(21)28-20)24(33)27-19-11-5-16(2)6-12-19/h7-10,13,16,19H,4-6,11-12,14-15H2,1-3H3,(H,27,33). The predicted molar refractivity (Wildman–Crippen MR) is 127 cm³/mol. The van der Waals surface area contributed by atoms with Crippen molar-refractivity contribution >= 4 is 29.4 Å². The number of fused-ring (bicyclic) bond motifs is 1. The number of nitrogens with zero attached hydrogens (tertiary/aromatic N) is 3. The number of ether oxygens (including phenoxy) is 1. The van der Waals surface area contributed by atoms with Gasteiger partial charge in [-0.2, -0.15) is 5.10 Å². The maximum atomic E-state index is 13.7. The quantitative estimate of drug-likeness (QED) is 0.626. The third-order valence-corrected chi connectivity index (χ3v) is 7.13. The molecule has 0 radical (unpaired) electrons. The summed E-state index contributed by atoms with van der Waals surface area (Å²) in [7, 11) is 0. The summed E-state index contributed by atoms with van der Waals surface area (Å²) < 4.78 is 6.51. The van der Waals surface area contributed by atoms with Crippen LogP contribution in [0.25, 0.3) is 0 Å². The van der Waals surface area contributed by atoms with Gasteiger partial charge in [-0.3, -0.25) is 14.3 Å². The molecule has 4 rings (SSSR count). The van der Waals surface area contributed by atoms with E-state index in [2.05, 4.69) is 17.3 Å². The number of amides is 2. The molecule has 8 nitrogen and oxygen atoms in total. The molecule has 2 heterocycles. The first kappa shape index (κ1) is 24.3. The second-order valence-electron chi connectivity index (χ2n) is 9.51. The first-order chi connectivity index (χ1) is 16.2. The number of nitrogens with one attached hydrogen (secondary N) is 1. The molecule has 1 aliphatic heterocycles. The second-order valence-corrected chi connectivity index (χ2v) is 9.95. The van der Waals surface area contributed by atoms with Gasteiger partial charge in [-0.15, -0.1) is 0 Å².